The third kappa shape index (κ3) is 1.59. The van der Waals surface area contributed by atoms with Gasteiger partial charge in [-0.15, -0.1) is 0 Å². The molecule has 0 aromatic heterocycles. The first-order chi connectivity index (χ1) is 4.84. The molecule has 10 heavy (non-hydrogen) atoms. The highest BCUT2D eigenvalue weighted by molar-refractivity contribution is 5.97. The van der Waals surface area contributed by atoms with Crippen molar-refractivity contribution in [3.05, 3.63) is 11.6 Å². The third-order valence-electron chi connectivity index (χ3n) is 1.91. The molecule has 0 amide bonds. The molecule has 1 rings (SSSR count). The van der Waals surface area contributed by atoms with Crippen LogP contribution in [-0.4, -0.2) is 10.9 Å². The predicted octanol–water partition coefficient (Wildman–Crippen LogP) is 2.34. The molecule has 1 aliphatic carbocycles. The molecule has 2 nitrogen and oxygen atoms in total. The van der Waals surface area contributed by atoms with Gasteiger partial charge in [0.2, 0.25) is 0 Å². The van der Waals surface area contributed by atoms with E-state index in [4.69, 9.17) is 5.21 Å². The molecule has 0 atom stereocenters. The van der Waals surface area contributed by atoms with Gasteiger partial charge in [-0.05, 0) is 38.2 Å². The normalized spacial score (nSPS) is 20.5. The van der Waals surface area contributed by atoms with E-state index in [0.29, 0.717) is 0 Å². The van der Waals surface area contributed by atoms with Crippen molar-refractivity contribution in [1.29, 1.82) is 0 Å². The molecule has 0 fully saturated rings. The maximum absolute atomic E-state index is 8.43. The molecule has 0 saturated heterocycles. The first-order valence-electron chi connectivity index (χ1n) is 3.72. The summed E-state index contributed by atoms with van der Waals surface area (Å²) in [4.78, 5) is 0. The van der Waals surface area contributed by atoms with Crippen molar-refractivity contribution in [2.75, 3.05) is 0 Å². The fraction of sp³-hybridized carbons (Fsp3) is 0.625. The van der Waals surface area contributed by atoms with Crippen molar-refractivity contribution in [1.82, 2.24) is 0 Å². The Kier molecular flexibility index (Phi) is 2.49. The summed E-state index contributed by atoms with van der Waals surface area (Å²) in [5.41, 5.74) is 1.99. The second-order valence-electron chi connectivity index (χ2n) is 2.66. The van der Waals surface area contributed by atoms with Gasteiger partial charge in [0.05, 0.1) is 5.71 Å². The van der Waals surface area contributed by atoms with Gasteiger partial charge in [0, 0.05) is 0 Å². The largest absolute Gasteiger partial charge is 0.411 e. The summed E-state index contributed by atoms with van der Waals surface area (Å²) in [6.07, 6.45) is 6.90. The van der Waals surface area contributed by atoms with Crippen LogP contribution in [0.2, 0.25) is 0 Å². The molecule has 56 valence electrons. The van der Waals surface area contributed by atoms with Crippen molar-refractivity contribution >= 4 is 5.71 Å². The fourth-order valence-electron chi connectivity index (χ4n) is 1.23. The number of allylic oxidation sites excluding steroid dienone is 2. The van der Waals surface area contributed by atoms with Crippen LogP contribution in [0.25, 0.3) is 0 Å². The average Bonchev–Trinajstić information content (AvgIpc) is 2.05. The Morgan fingerprint density at radius 3 is 2.90 bits per heavy atom. The minimum Gasteiger partial charge on any atom is -0.411 e. The van der Waals surface area contributed by atoms with Gasteiger partial charge < -0.3 is 5.21 Å². The molecular weight excluding hydrogens is 126 g/mol. The van der Waals surface area contributed by atoms with E-state index in [-0.39, 0.29) is 0 Å². The summed E-state index contributed by atoms with van der Waals surface area (Å²) in [6, 6.07) is 0. The number of hydrogen-bond acceptors (Lipinski definition) is 2. The summed E-state index contributed by atoms with van der Waals surface area (Å²) in [6.45, 7) is 1.84. The van der Waals surface area contributed by atoms with E-state index >= 15 is 0 Å². The molecule has 2 heteroatoms. The zero-order chi connectivity index (χ0) is 7.40. The molecule has 0 aromatic carbocycles. The lowest BCUT2D eigenvalue weighted by Crippen LogP contribution is -2.01. The van der Waals surface area contributed by atoms with E-state index < -0.39 is 0 Å². The molecule has 0 radical (unpaired) electrons. The van der Waals surface area contributed by atoms with E-state index in [1.54, 1.807) is 0 Å². The van der Waals surface area contributed by atoms with Crippen LogP contribution >= 0.6 is 0 Å². The predicted molar refractivity (Wildman–Crippen MR) is 41.4 cm³/mol. The quantitative estimate of drug-likeness (QED) is 0.337. The minimum atomic E-state index is 0.778. The van der Waals surface area contributed by atoms with Gasteiger partial charge in [-0.1, -0.05) is 11.2 Å². The molecule has 0 unspecified atom stereocenters. The first-order valence-corrected chi connectivity index (χ1v) is 3.72. The van der Waals surface area contributed by atoms with Gasteiger partial charge >= 0.3 is 0 Å². The summed E-state index contributed by atoms with van der Waals surface area (Å²) in [5, 5.41) is 11.6. The molecule has 0 heterocycles. The van der Waals surface area contributed by atoms with Gasteiger partial charge in [0.25, 0.3) is 0 Å². The number of oxime groups is 1. The van der Waals surface area contributed by atoms with Crippen LogP contribution in [0.1, 0.15) is 32.6 Å². The maximum Gasteiger partial charge on any atom is 0.0793 e. The summed E-state index contributed by atoms with van der Waals surface area (Å²) in [5.74, 6) is 0. The molecule has 0 bridgehead atoms. The van der Waals surface area contributed by atoms with Crippen molar-refractivity contribution in [3.8, 4) is 0 Å². The van der Waals surface area contributed by atoms with Crippen molar-refractivity contribution < 1.29 is 5.21 Å². The molecule has 1 N–H and O–H groups in total. The lowest BCUT2D eigenvalue weighted by atomic mass is 9.97. The van der Waals surface area contributed by atoms with E-state index in [1.165, 1.54) is 18.4 Å². The standard InChI is InChI=1S/C8H13NO/c1-7(9-10)8-5-3-2-4-6-8/h5,10H,2-4,6H2,1H3/b9-7-. The lowest BCUT2D eigenvalue weighted by Gasteiger charge is -2.10. The van der Waals surface area contributed by atoms with E-state index in [0.717, 1.165) is 18.6 Å². The Morgan fingerprint density at radius 2 is 2.40 bits per heavy atom. The third-order valence-corrected chi connectivity index (χ3v) is 1.91. The smallest absolute Gasteiger partial charge is 0.0793 e. The maximum atomic E-state index is 8.43. The summed E-state index contributed by atoms with van der Waals surface area (Å²) < 4.78 is 0. The Bertz CT molecular complexity index is 170. The van der Waals surface area contributed by atoms with Crippen molar-refractivity contribution in [2.45, 2.75) is 32.6 Å². The summed E-state index contributed by atoms with van der Waals surface area (Å²) >= 11 is 0. The minimum absolute atomic E-state index is 0.778. The van der Waals surface area contributed by atoms with E-state index in [9.17, 15) is 0 Å². The van der Waals surface area contributed by atoms with Crippen LogP contribution < -0.4 is 0 Å². The van der Waals surface area contributed by atoms with Gasteiger partial charge in [-0.2, -0.15) is 0 Å². The van der Waals surface area contributed by atoms with Crippen molar-refractivity contribution in [2.24, 2.45) is 5.16 Å². The molecule has 1 aliphatic rings. The highest BCUT2D eigenvalue weighted by Gasteiger charge is 2.05. The van der Waals surface area contributed by atoms with Crippen LogP contribution in [0.5, 0.6) is 0 Å². The van der Waals surface area contributed by atoms with E-state index in [2.05, 4.69) is 11.2 Å². The molecule has 0 aromatic rings. The zero-order valence-electron chi connectivity index (χ0n) is 6.30. The van der Waals surface area contributed by atoms with E-state index in [1.807, 2.05) is 6.92 Å². The Morgan fingerprint density at radius 1 is 1.60 bits per heavy atom. The second kappa shape index (κ2) is 3.40. The number of rotatable bonds is 1. The Labute approximate surface area is 61.2 Å². The lowest BCUT2D eigenvalue weighted by molar-refractivity contribution is 0.318. The molecule has 0 spiro atoms. The van der Waals surface area contributed by atoms with Gasteiger partial charge in [-0.25, -0.2) is 0 Å². The van der Waals surface area contributed by atoms with Crippen molar-refractivity contribution in [3.63, 3.8) is 0 Å². The second-order valence-corrected chi connectivity index (χ2v) is 2.66. The average molecular weight is 139 g/mol. The van der Waals surface area contributed by atoms with Gasteiger partial charge in [-0.3, -0.25) is 0 Å². The topological polar surface area (TPSA) is 32.6 Å². The van der Waals surface area contributed by atoms with Gasteiger partial charge in [0.1, 0.15) is 0 Å². The van der Waals surface area contributed by atoms with Crippen LogP contribution in [0.3, 0.4) is 0 Å². The number of nitrogens with zero attached hydrogens (tertiary/aromatic N) is 1. The van der Waals surface area contributed by atoms with Crippen LogP contribution in [-0.2, 0) is 0 Å². The monoisotopic (exact) mass is 139 g/mol. The van der Waals surface area contributed by atoms with Gasteiger partial charge in [0.15, 0.2) is 0 Å². The van der Waals surface area contributed by atoms with Crippen LogP contribution in [0.15, 0.2) is 16.8 Å². The summed E-state index contributed by atoms with van der Waals surface area (Å²) in [7, 11) is 0. The van der Waals surface area contributed by atoms with Crippen LogP contribution in [0, 0.1) is 0 Å². The SMILES string of the molecule is C/C(=N/O)C1=CCCCC1. The fourth-order valence-corrected chi connectivity index (χ4v) is 1.23. The number of hydrogen-bond donors (Lipinski definition) is 1. The molecular formula is C8H13NO. The molecule has 0 aliphatic heterocycles. The highest BCUT2D eigenvalue weighted by Crippen LogP contribution is 2.18. The first kappa shape index (κ1) is 7.32. The Balaban J connectivity index is 2.62. The zero-order valence-corrected chi connectivity index (χ0v) is 6.30. The Hall–Kier alpha value is -0.790. The van der Waals surface area contributed by atoms with Crippen LogP contribution in [0.4, 0.5) is 0 Å². The highest BCUT2D eigenvalue weighted by atomic mass is 16.4. The molecule has 0 saturated carbocycles.